The Kier molecular flexibility index (Phi) is 3.73. The number of aliphatic hydroxyl groups is 1. The third-order valence-electron chi connectivity index (χ3n) is 4.06. The number of nitrogens with two attached hydrogens (primary N) is 1. The zero-order valence-corrected chi connectivity index (χ0v) is 14.3. The van der Waals surface area contributed by atoms with E-state index in [1.54, 1.807) is 0 Å². The Hall–Kier alpha value is -1.08. The van der Waals surface area contributed by atoms with Crippen molar-refractivity contribution in [2.24, 2.45) is 15.7 Å². The molecule has 1 amide bonds. The minimum Gasteiger partial charge on any atom is -0.386 e. The predicted molar refractivity (Wildman–Crippen MR) is 80.9 cm³/mol. The lowest BCUT2D eigenvalue weighted by atomic mass is 10.1. The Morgan fingerprint density at radius 3 is 2.96 bits per heavy atom. The Labute approximate surface area is 143 Å². The summed E-state index contributed by atoms with van der Waals surface area (Å²) in [5, 5.41) is 12.9. The van der Waals surface area contributed by atoms with Crippen LogP contribution in [-0.2, 0) is 23.1 Å². The van der Waals surface area contributed by atoms with Gasteiger partial charge >= 0.3 is 7.82 Å². The molecule has 0 aromatic carbocycles. The van der Waals surface area contributed by atoms with E-state index in [-0.39, 0.29) is 17.3 Å². The van der Waals surface area contributed by atoms with Gasteiger partial charge in [0, 0.05) is 0 Å². The normalized spacial score (nSPS) is 47.6. The van der Waals surface area contributed by atoms with E-state index in [9.17, 15) is 19.4 Å². The number of amides is 1. The SMILES string of the molecule is NC1=NC2C(N=C(Br)N2C2OC3COP(=O)(O)OC3C2O)C(=O)N1. The van der Waals surface area contributed by atoms with E-state index in [1.165, 1.54) is 4.90 Å². The quantitative estimate of drug-likeness (QED) is 0.268. The summed E-state index contributed by atoms with van der Waals surface area (Å²) in [6.45, 7) is -0.214. The van der Waals surface area contributed by atoms with Crippen molar-refractivity contribution < 1.29 is 33.1 Å². The number of phosphoric ester groups is 1. The standard InChI is InChI=1S/C10H13BrN5O7P/c11-9-13-3-6(14-10(12)15-7(3)18)16(9)8-4(17)5-2(22-8)1-21-24(19,20)23-5/h2-6,8,17H,1H2,(H,19,20)(H3,12,14,15,18). The molecule has 0 bridgehead atoms. The second-order valence-corrected chi connectivity index (χ2v) is 7.67. The van der Waals surface area contributed by atoms with E-state index >= 15 is 0 Å². The van der Waals surface area contributed by atoms with Gasteiger partial charge in [0.1, 0.15) is 18.3 Å². The summed E-state index contributed by atoms with van der Waals surface area (Å²) in [4.78, 5) is 31.1. The molecule has 0 saturated carbocycles. The first kappa shape index (κ1) is 16.4. The van der Waals surface area contributed by atoms with Gasteiger partial charge in [0.2, 0.25) is 0 Å². The number of hydrogen-bond donors (Lipinski definition) is 4. The van der Waals surface area contributed by atoms with Gasteiger partial charge in [-0.3, -0.25) is 24.1 Å². The van der Waals surface area contributed by atoms with Crippen molar-refractivity contribution in [2.75, 3.05) is 6.61 Å². The van der Waals surface area contributed by atoms with Crippen LogP contribution in [0.25, 0.3) is 0 Å². The maximum atomic E-state index is 12.0. The fourth-order valence-electron chi connectivity index (χ4n) is 3.03. The van der Waals surface area contributed by atoms with Gasteiger partial charge in [0.15, 0.2) is 29.1 Å². The second kappa shape index (κ2) is 5.46. The van der Waals surface area contributed by atoms with Gasteiger partial charge < -0.3 is 20.5 Å². The molecule has 0 radical (unpaired) electrons. The summed E-state index contributed by atoms with van der Waals surface area (Å²) >= 11 is 3.22. The first-order valence-corrected chi connectivity index (χ1v) is 9.21. The summed E-state index contributed by atoms with van der Waals surface area (Å²) in [5.41, 5.74) is 5.58. The van der Waals surface area contributed by atoms with Crippen LogP contribution in [0.2, 0.25) is 0 Å². The molecule has 0 aliphatic carbocycles. The number of ether oxygens (including phenoxy) is 1. The van der Waals surface area contributed by atoms with Crippen molar-refractivity contribution in [1.29, 1.82) is 0 Å². The van der Waals surface area contributed by atoms with Gasteiger partial charge in [-0.2, -0.15) is 0 Å². The van der Waals surface area contributed by atoms with Crippen LogP contribution < -0.4 is 11.1 Å². The molecule has 12 nitrogen and oxygen atoms in total. The molecule has 14 heteroatoms. The summed E-state index contributed by atoms with van der Waals surface area (Å²) in [6, 6.07) is -0.855. The minimum absolute atomic E-state index is 0.0759. The van der Waals surface area contributed by atoms with Gasteiger partial charge in [-0.1, -0.05) is 0 Å². The molecule has 0 spiro atoms. The molecular formula is C10H13BrN5O7P. The molecule has 24 heavy (non-hydrogen) atoms. The van der Waals surface area contributed by atoms with Crippen molar-refractivity contribution in [2.45, 2.75) is 36.7 Å². The number of phosphoric acid groups is 1. The Bertz CT molecular complexity index is 703. The number of hydrogen-bond acceptors (Lipinski definition) is 10. The fourth-order valence-corrected chi connectivity index (χ4v) is 4.63. The Morgan fingerprint density at radius 2 is 2.21 bits per heavy atom. The monoisotopic (exact) mass is 425 g/mol. The third-order valence-corrected chi connectivity index (χ3v) is 5.66. The third kappa shape index (κ3) is 2.47. The second-order valence-electron chi connectivity index (χ2n) is 5.56. The summed E-state index contributed by atoms with van der Waals surface area (Å²) < 4.78 is 27.1. The van der Waals surface area contributed by atoms with E-state index in [1.807, 2.05) is 0 Å². The van der Waals surface area contributed by atoms with Crippen molar-refractivity contribution in [3.63, 3.8) is 0 Å². The highest BCUT2D eigenvalue weighted by molar-refractivity contribution is 9.18. The molecule has 4 heterocycles. The first-order chi connectivity index (χ1) is 11.3. The molecule has 0 aromatic heterocycles. The summed E-state index contributed by atoms with van der Waals surface area (Å²) in [5.74, 6) is -0.510. The number of carbonyl (C=O) groups is 1. The number of aliphatic imine (C=N–C) groups is 2. The van der Waals surface area contributed by atoms with E-state index in [4.69, 9.17) is 15.0 Å². The van der Waals surface area contributed by atoms with Gasteiger partial charge in [-0.05, 0) is 15.9 Å². The van der Waals surface area contributed by atoms with Crippen LogP contribution >= 0.6 is 23.8 Å². The molecule has 7 atom stereocenters. The van der Waals surface area contributed by atoms with Crippen LogP contribution in [0.5, 0.6) is 0 Å². The predicted octanol–water partition coefficient (Wildman–Crippen LogP) is -2.21. The maximum absolute atomic E-state index is 12.0. The van der Waals surface area contributed by atoms with Crippen LogP contribution in [0.1, 0.15) is 0 Å². The number of nitrogens with one attached hydrogen (secondary N) is 1. The smallest absolute Gasteiger partial charge is 0.386 e. The molecule has 0 aromatic rings. The lowest BCUT2D eigenvalue weighted by Crippen LogP contribution is -2.57. The molecule has 4 rings (SSSR count). The molecule has 2 fully saturated rings. The lowest BCUT2D eigenvalue weighted by Gasteiger charge is -2.33. The van der Waals surface area contributed by atoms with Crippen LogP contribution in [-0.4, -0.2) is 74.9 Å². The Balaban J connectivity index is 1.62. The average molecular weight is 426 g/mol. The number of aliphatic hydroxyl groups excluding tert-OH is 1. The molecule has 5 N–H and O–H groups in total. The largest absolute Gasteiger partial charge is 0.472 e. The number of nitrogens with zero attached hydrogens (tertiary/aromatic N) is 3. The number of amidine groups is 1. The average Bonchev–Trinajstić information content (AvgIpc) is 2.96. The highest BCUT2D eigenvalue weighted by Gasteiger charge is 2.57. The van der Waals surface area contributed by atoms with Crippen LogP contribution in [0.4, 0.5) is 0 Å². The summed E-state index contributed by atoms with van der Waals surface area (Å²) in [6.07, 6.45) is -4.93. The zero-order chi connectivity index (χ0) is 17.2. The number of halogens is 1. The fraction of sp³-hybridized carbons (Fsp3) is 0.700. The van der Waals surface area contributed by atoms with Crippen LogP contribution in [0, 0.1) is 0 Å². The molecule has 7 unspecified atom stereocenters. The molecular weight excluding hydrogens is 413 g/mol. The topological polar surface area (TPSA) is 168 Å². The highest BCUT2D eigenvalue weighted by atomic mass is 79.9. The maximum Gasteiger partial charge on any atom is 0.472 e. The van der Waals surface area contributed by atoms with E-state index in [2.05, 4.69) is 35.8 Å². The molecule has 2 saturated heterocycles. The van der Waals surface area contributed by atoms with Crippen molar-refractivity contribution in [3.05, 3.63) is 0 Å². The Morgan fingerprint density at radius 1 is 1.46 bits per heavy atom. The van der Waals surface area contributed by atoms with Crippen LogP contribution in [0.3, 0.4) is 0 Å². The van der Waals surface area contributed by atoms with E-state index < -0.39 is 50.5 Å². The number of fused-ring (bicyclic) bond motifs is 2. The zero-order valence-electron chi connectivity index (χ0n) is 11.9. The van der Waals surface area contributed by atoms with E-state index in [0.717, 1.165) is 0 Å². The first-order valence-electron chi connectivity index (χ1n) is 6.92. The van der Waals surface area contributed by atoms with Gasteiger partial charge in [0.05, 0.1) is 6.61 Å². The van der Waals surface area contributed by atoms with Crippen molar-refractivity contribution in [1.82, 2.24) is 10.2 Å². The van der Waals surface area contributed by atoms with Gasteiger partial charge in [-0.15, -0.1) is 0 Å². The van der Waals surface area contributed by atoms with E-state index in [0.29, 0.717) is 0 Å². The van der Waals surface area contributed by atoms with Crippen molar-refractivity contribution >= 4 is 40.4 Å². The van der Waals surface area contributed by atoms with Crippen molar-refractivity contribution in [3.8, 4) is 0 Å². The highest BCUT2D eigenvalue weighted by Crippen LogP contribution is 2.51. The van der Waals surface area contributed by atoms with Gasteiger partial charge in [-0.25, -0.2) is 14.5 Å². The van der Waals surface area contributed by atoms with Crippen LogP contribution in [0.15, 0.2) is 9.98 Å². The number of carbonyl (C=O) groups excluding carboxylic acids is 1. The molecule has 132 valence electrons. The number of guanidine groups is 1. The summed E-state index contributed by atoms with van der Waals surface area (Å²) in [7, 11) is -4.23. The lowest BCUT2D eigenvalue weighted by molar-refractivity contribution is -0.124. The minimum atomic E-state index is -4.23. The number of rotatable bonds is 1. The molecule has 4 aliphatic heterocycles. The van der Waals surface area contributed by atoms with Gasteiger partial charge in [0.25, 0.3) is 5.91 Å². The molecule has 4 aliphatic rings.